The Morgan fingerprint density at radius 1 is 0.700 bits per heavy atom. The van der Waals surface area contributed by atoms with Crippen molar-refractivity contribution in [3.63, 3.8) is 0 Å². The maximum atomic E-state index is 8.67. The number of aliphatic hydroxyl groups excluding tert-OH is 1. The molecule has 2 nitrogen and oxygen atoms in total. The minimum atomic E-state index is 0.359. The zero-order chi connectivity index (χ0) is 14.9. The Morgan fingerprint density at radius 2 is 1.05 bits per heavy atom. The van der Waals surface area contributed by atoms with Gasteiger partial charge >= 0.3 is 0 Å². The molecule has 0 heterocycles. The van der Waals surface area contributed by atoms with Gasteiger partial charge in [-0.2, -0.15) is 0 Å². The molecule has 0 saturated heterocycles. The number of rotatable bonds is 15. The van der Waals surface area contributed by atoms with E-state index >= 15 is 0 Å². The van der Waals surface area contributed by atoms with Gasteiger partial charge in [0.1, 0.15) is 4.32 Å². The highest BCUT2D eigenvalue weighted by Gasteiger charge is 1.94. The van der Waals surface area contributed by atoms with Crippen LogP contribution in [-0.2, 0) is 0 Å². The summed E-state index contributed by atoms with van der Waals surface area (Å²) in [4.78, 5) is 0. The number of nitrogens with one attached hydrogen (secondary N) is 1. The molecule has 2 N–H and O–H groups in total. The molecular weight excluding hydrogens is 286 g/mol. The molecular formula is C16H33NOS2. The van der Waals surface area contributed by atoms with Crippen LogP contribution in [0.25, 0.3) is 0 Å². The monoisotopic (exact) mass is 319 g/mol. The molecule has 0 fully saturated rings. The van der Waals surface area contributed by atoms with Crippen LogP contribution in [0.5, 0.6) is 0 Å². The van der Waals surface area contributed by atoms with Gasteiger partial charge in [-0.05, 0) is 12.8 Å². The highest BCUT2D eigenvalue weighted by Crippen LogP contribution is 2.12. The molecule has 0 aliphatic rings. The second-order valence-electron chi connectivity index (χ2n) is 5.55. The van der Waals surface area contributed by atoms with E-state index in [4.69, 9.17) is 17.3 Å². The Morgan fingerprint density at radius 3 is 1.40 bits per heavy atom. The largest absolute Gasteiger partial charge is 0.396 e. The molecule has 0 spiro atoms. The van der Waals surface area contributed by atoms with Crippen molar-refractivity contribution in [2.24, 2.45) is 0 Å². The minimum absolute atomic E-state index is 0.359. The summed E-state index contributed by atoms with van der Waals surface area (Å²) in [5, 5.41) is 11.7. The molecule has 0 bridgehead atoms. The molecule has 0 amide bonds. The van der Waals surface area contributed by atoms with Gasteiger partial charge < -0.3 is 10.4 Å². The van der Waals surface area contributed by atoms with Crippen LogP contribution in [0.15, 0.2) is 0 Å². The van der Waals surface area contributed by atoms with Crippen molar-refractivity contribution in [1.29, 1.82) is 0 Å². The zero-order valence-corrected chi connectivity index (χ0v) is 14.6. The summed E-state index contributed by atoms with van der Waals surface area (Å²) in [6, 6.07) is 0. The minimum Gasteiger partial charge on any atom is -0.396 e. The third-order valence-electron chi connectivity index (χ3n) is 3.61. The van der Waals surface area contributed by atoms with Crippen LogP contribution in [0.1, 0.15) is 83.5 Å². The standard InChI is InChI=1S/C16H33NOS2/c18-15-13-11-9-7-5-3-1-2-4-6-8-10-12-14-17-16(19)20/h18H,1-15H2,(H2,17,19,20). The van der Waals surface area contributed by atoms with Gasteiger partial charge in [0.25, 0.3) is 0 Å². The number of unbranched alkanes of at least 4 members (excludes halogenated alkanes) is 12. The third-order valence-corrected chi connectivity index (χ3v) is 3.91. The molecule has 0 aromatic heterocycles. The predicted octanol–water partition coefficient (Wildman–Crippen LogP) is 4.85. The average Bonchev–Trinajstić information content (AvgIpc) is 2.43. The van der Waals surface area contributed by atoms with Gasteiger partial charge in [0.15, 0.2) is 0 Å². The molecule has 0 aromatic rings. The lowest BCUT2D eigenvalue weighted by Gasteiger charge is -2.04. The lowest BCUT2D eigenvalue weighted by molar-refractivity contribution is 0.282. The average molecular weight is 320 g/mol. The summed E-state index contributed by atoms with van der Waals surface area (Å²) < 4.78 is 0.612. The van der Waals surface area contributed by atoms with E-state index in [1.54, 1.807) is 0 Å². The Labute approximate surface area is 136 Å². The lowest BCUT2D eigenvalue weighted by atomic mass is 10.0. The van der Waals surface area contributed by atoms with Gasteiger partial charge in [-0.15, -0.1) is 12.6 Å². The fourth-order valence-electron chi connectivity index (χ4n) is 2.38. The molecule has 4 heteroatoms. The van der Waals surface area contributed by atoms with E-state index in [0.717, 1.165) is 13.0 Å². The van der Waals surface area contributed by atoms with Crippen LogP contribution in [0, 0.1) is 0 Å². The molecule has 0 rings (SSSR count). The van der Waals surface area contributed by atoms with Crippen molar-refractivity contribution in [2.45, 2.75) is 83.5 Å². The van der Waals surface area contributed by atoms with Gasteiger partial charge in [-0.1, -0.05) is 82.8 Å². The van der Waals surface area contributed by atoms with Gasteiger partial charge in [0.05, 0.1) is 0 Å². The van der Waals surface area contributed by atoms with Crippen molar-refractivity contribution in [1.82, 2.24) is 5.32 Å². The highest BCUT2D eigenvalue weighted by atomic mass is 32.1. The van der Waals surface area contributed by atoms with E-state index < -0.39 is 0 Å². The van der Waals surface area contributed by atoms with Crippen LogP contribution < -0.4 is 5.32 Å². The quantitative estimate of drug-likeness (QED) is 0.229. The van der Waals surface area contributed by atoms with Gasteiger partial charge in [0, 0.05) is 13.2 Å². The van der Waals surface area contributed by atoms with Crippen molar-refractivity contribution < 1.29 is 5.11 Å². The molecule has 0 unspecified atom stereocenters. The number of thiol groups is 1. The number of thiocarbonyl (C=S) groups is 1. The van der Waals surface area contributed by atoms with Crippen LogP contribution in [-0.4, -0.2) is 22.6 Å². The third kappa shape index (κ3) is 18.2. The van der Waals surface area contributed by atoms with Crippen molar-refractivity contribution in [2.75, 3.05) is 13.2 Å². The van der Waals surface area contributed by atoms with E-state index in [2.05, 4.69) is 17.9 Å². The Hall–Kier alpha value is 0.200. The van der Waals surface area contributed by atoms with E-state index in [-0.39, 0.29) is 0 Å². The van der Waals surface area contributed by atoms with Crippen LogP contribution in [0.3, 0.4) is 0 Å². The Bertz CT molecular complexity index is 213. The van der Waals surface area contributed by atoms with E-state index in [9.17, 15) is 0 Å². The predicted molar refractivity (Wildman–Crippen MR) is 96.7 cm³/mol. The first kappa shape index (κ1) is 20.2. The Balaban J connectivity index is 2.94. The Kier molecular flexibility index (Phi) is 17.4. The van der Waals surface area contributed by atoms with Gasteiger partial charge in [-0.3, -0.25) is 0 Å². The SMILES string of the molecule is OCCCCCCCCCCCCCCCNC(=S)S. The molecule has 0 aliphatic heterocycles. The summed E-state index contributed by atoms with van der Waals surface area (Å²) in [6.45, 7) is 1.33. The van der Waals surface area contributed by atoms with Crippen molar-refractivity contribution in [3.05, 3.63) is 0 Å². The summed E-state index contributed by atoms with van der Waals surface area (Å²) in [6.07, 6.45) is 17.0. The summed E-state index contributed by atoms with van der Waals surface area (Å²) in [5.41, 5.74) is 0. The first-order valence-electron chi connectivity index (χ1n) is 8.35. The molecule has 0 atom stereocenters. The molecule has 0 radical (unpaired) electrons. The summed E-state index contributed by atoms with van der Waals surface area (Å²) in [7, 11) is 0. The van der Waals surface area contributed by atoms with Crippen molar-refractivity contribution >= 4 is 29.2 Å². The second-order valence-corrected chi connectivity index (χ2v) is 6.71. The van der Waals surface area contributed by atoms with Crippen molar-refractivity contribution in [3.8, 4) is 0 Å². The smallest absolute Gasteiger partial charge is 0.130 e. The fraction of sp³-hybridized carbons (Fsp3) is 0.938. The number of aliphatic hydroxyl groups is 1. The molecule has 0 aliphatic carbocycles. The molecule has 0 aromatic carbocycles. The van der Waals surface area contributed by atoms with Gasteiger partial charge in [0.2, 0.25) is 0 Å². The summed E-state index contributed by atoms with van der Waals surface area (Å²) >= 11 is 8.87. The molecule has 0 saturated carbocycles. The zero-order valence-electron chi connectivity index (χ0n) is 12.9. The van der Waals surface area contributed by atoms with E-state index in [0.29, 0.717) is 10.9 Å². The number of hydrogen-bond donors (Lipinski definition) is 3. The second kappa shape index (κ2) is 17.3. The highest BCUT2D eigenvalue weighted by molar-refractivity contribution is 8.11. The first-order valence-corrected chi connectivity index (χ1v) is 9.20. The van der Waals surface area contributed by atoms with Crippen LogP contribution >= 0.6 is 24.8 Å². The molecule has 20 heavy (non-hydrogen) atoms. The fourth-order valence-corrected chi connectivity index (χ4v) is 2.59. The maximum absolute atomic E-state index is 8.67. The van der Waals surface area contributed by atoms with E-state index in [1.165, 1.54) is 77.0 Å². The first-order chi connectivity index (χ1) is 9.77. The van der Waals surface area contributed by atoms with Crippen LogP contribution in [0.2, 0.25) is 0 Å². The lowest BCUT2D eigenvalue weighted by Crippen LogP contribution is -2.17. The van der Waals surface area contributed by atoms with Crippen LogP contribution in [0.4, 0.5) is 0 Å². The number of hydrogen-bond acceptors (Lipinski definition) is 2. The molecule has 120 valence electrons. The normalized spacial score (nSPS) is 10.7. The van der Waals surface area contributed by atoms with E-state index in [1.807, 2.05) is 0 Å². The van der Waals surface area contributed by atoms with Gasteiger partial charge in [-0.25, -0.2) is 0 Å². The topological polar surface area (TPSA) is 32.3 Å². The summed E-state index contributed by atoms with van der Waals surface area (Å²) in [5.74, 6) is 0. The maximum Gasteiger partial charge on any atom is 0.130 e.